The smallest absolute Gasteiger partial charge is 0.208 e. The van der Waals surface area contributed by atoms with Crippen molar-refractivity contribution in [2.24, 2.45) is 10.9 Å². The maximum Gasteiger partial charge on any atom is 0.208 e. The van der Waals surface area contributed by atoms with E-state index in [1.54, 1.807) is 24.9 Å². The predicted octanol–water partition coefficient (Wildman–Crippen LogP) is 5.71. The van der Waals surface area contributed by atoms with Crippen LogP contribution in [0.1, 0.15) is 18.4 Å². The van der Waals surface area contributed by atoms with Gasteiger partial charge in [0.05, 0.1) is 36.8 Å². The van der Waals surface area contributed by atoms with Crippen LogP contribution in [0.15, 0.2) is 69.4 Å². The van der Waals surface area contributed by atoms with Crippen molar-refractivity contribution in [3.8, 4) is 5.75 Å². The molecule has 0 amide bonds. The quantitative estimate of drug-likeness (QED) is 0.435. The van der Waals surface area contributed by atoms with Gasteiger partial charge in [-0.15, -0.1) is 11.8 Å². The van der Waals surface area contributed by atoms with E-state index in [0.29, 0.717) is 29.6 Å². The van der Waals surface area contributed by atoms with Crippen LogP contribution in [0.3, 0.4) is 0 Å². The van der Waals surface area contributed by atoms with Crippen molar-refractivity contribution in [2.45, 2.75) is 28.6 Å². The monoisotopic (exact) mass is 581 g/mol. The van der Waals surface area contributed by atoms with E-state index in [1.165, 1.54) is 24.3 Å². The lowest BCUT2D eigenvalue weighted by molar-refractivity contribution is -0.0730. The molecule has 3 heterocycles. The van der Waals surface area contributed by atoms with Crippen LogP contribution in [0.2, 0.25) is 5.02 Å². The van der Waals surface area contributed by atoms with E-state index in [9.17, 15) is 12.8 Å². The molecular formula is C27H26ClF2NO5S2. The topological polar surface area (TPSA) is 74.2 Å². The summed E-state index contributed by atoms with van der Waals surface area (Å²) in [5.41, 5.74) is -0.261. The van der Waals surface area contributed by atoms with Gasteiger partial charge in [-0.2, -0.15) is 0 Å². The molecule has 2 aromatic rings. The van der Waals surface area contributed by atoms with E-state index in [0.717, 1.165) is 17.0 Å². The highest BCUT2D eigenvalue weighted by molar-refractivity contribution is 8.03. The SMILES string of the molecule is COC1=NCC=C(SCCC2OCCC3(S(=O)(=O)c4ccc(Cl)cc4)c4c(F)ccc(F)c4OCC23)C=C1. The number of ether oxygens (including phenoxy) is 3. The van der Waals surface area contributed by atoms with Crippen LogP contribution in [0.25, 0.3) is 0 Å². The number of fused-ring (bicyclic) bond motifs is 3. The Morgan fingerprint density at radius 3 is 2.68 bits per heavy atom. The van der Waals surface area contributed by atoms with Crippen LogP contribution < -0.4 is 4.74 Å². The Balaban J connectivity index is 1.50. The lowest BCUT2D eigenvalue weighted by Crippen LogP contribution is -2.57. The first-order valence-corrected chi connectivity index (χ1v) is 14.9. The van der Waals surface area contributed by atoms with Crippen molar-refractivity contribution in [2.75, 3.05) is 32.6 Å². The van der Waals surface area contributed by atoms with Crippen molar-refractivity contribution in [1.29, 1.82) is 0 Å². The summed E-state index contributed by atoms with van der Waals surface area (Å²) < 4.78 is 74.2. The minimum Gasteiger partial charge on any atom is -0.490 e. The lowest BCUT2D eigenvalue weighted by atomic mass is 9.75. The highest BCUT2D eigenvalue weighted by atomic mass is 35.5. The van der Waals surface area contributed by atoms with Gasteiger partial charge in [-0.25, -0.2) is 22.2 Å². The fraction of sp³-hybridized carbons (Fsp3) is 0.370. The van der Waals surface area contributed by atoms with Gasteiger partial charge in [-0.3, -0.25) is 0 Å². The molecule has 1 fully saturated rings. The van der Waals surface area contributed by atoms with Crippen LogP contribution >= 0.6 is 23.4 Å². The van der Waals surface area contributed by atoms with E-state index in [-0.39, 0.29) is 35.8 Å². The van der Waals surface area contributed by atoms with Gasteiger partial charge in [0.25, 0.3) is 0 Å². The highest BCUT2D eigenvalue weighted by Crippen LogP contribution is 2.56. The fourth-order valence-electron chi connectivity index (χ4n) is 5.37. The predicted molar refractivity (Wildman–Crippen MR) is 144 cm³/mol. The van der Waals surface area contributed by atoms with Gasteiger partial charge in [0.15, 0.2) is 21.4 Å². The van der Waals surface area contributed by atoms with Gasteiger partial charge in [-0.1, -0.05) is 11.6 Å². The first-order chi connectivity index (χ1) is 18.3. The molecule has 1 saturated heterocycles. The Bertz CT molecular complexity index is 1410. The number of sulfone groups is 1. The maximum absolute atomic E-state index is 15.5. The first-order valence-electron chi connectivity index (χ1n) is 12.1. The summed E-state index contributed by atoms with van der Waals surface area (Å²) in [5.74, 6) is -1.58. The molecule has 0 aliphatic carbocycles. The Morgan fingerprint density at radius 1 is 1.16 bits per heavy atom. The van der Waals surface area contributed by atoms with Gasteiger partial charge in [0.2, 0.25) is 5.90 Å². The number of rotatable bonds is 6. The summed E-state index contributed by atoms with van der Waals surface area (Å²) in [7, 11) is -2.67. The fourth-order valence-corrected chi connectivity index (χ4v) is 8.78. The third kappa shape index (κ3) is 4.76. The molecule has 0 saturated carbocycles. The summed E-state index contributed by atoms with van der Waals surface area (Å²) in [6.07, 6.45) is 5.56. The third-order valence-electron chi connectivity index (χ3n) is 7.16. The number of nitrogens with zero attached hydrogens (tertiary/aromatic N) is 1. The van der Waals surface area contributed by atoms with E-state index in [2.05, 4.69) is 4.99 Å². The van der Waals surface area contributed by atoms with Crippen molar-refractivity contribution in [1.82, 2.24) is 0 Å². The molecule has 3 atom stereocenters. The maximum atomic E-state index is 15.5. The summed E-state index contributed by atoms with van der Waals surface area (Å²) in [4.78, 5) is 5.27. The molecule has 3 aliphatic rings. The number of halogens is 3. The number of thioether (sulfide) groups is 1. The third-order valence-corrected chi connectivity index (χ3v) is 11.0. The van der Waals surface area contributed by atoms with Crippen LogP contribution in [0, 0.1) is 17.6 Å². The van der Waals surface area contributed by atoms with E-state index < -0.39 is 38.2 Å². The molecule has 3 aliphatic heterocycles. The van der Waals surface area contributed by atoms with Crippen molar-refractivity contribution in [3.05, 3.63) is 81.8 Å². The zero-order chi connectivity index (χ0) is 26.9. The standard InChI is InChI=1S/C27H26ClF2NO5S2/c1-34-24-9-4-18(10-13-31-24)37-15-11-23-20-16-36-26-22(30)8-7-21(29)25(26)27(20,12-14-35-23)38(32,33)19-5-2-17(28)3-6-19/h2-10,20,23H,11-16H2,1H3. The number of allylic oxidation sites excluding steroid dienone is 1. The summed E-state index contributed by atoms with van der Waals surface area (Å²) in [6.45, 7) is 0.434. The molecule has 0 radical (unpaired) electrons. The molecule has 3 unspecified atom stereocenters. The molecule has 202 valence electrons. The normalized spacial score (nSPS) is 24.8. The van der Waals surface area contributed by atoms with Crippen LogP contribution in [-0.2, 0) is 24.1 Å². The van der Waals surface area contributed by atoms with Crippen LogP contribution in [0.5, 0.6) is 5.75 Å². The largest absolute Gasteiger partial charge is 0.490 e. The summed E-state index contributed by atoms with van der Waals surface area (Å²) >= 11 is 7.59. The molecule has 0 spiro atoms. The van der Waals surface area contributed by atoms with Gasteiger partial charge in [-0.05, 0) is 61.4 Å². The Labute approximate surface area is 229 Å². The van der Waals surface area contributed by atoms with Crippen LogP contribution in [0.4, 0.5) is 8.78 Å². The molecule has 5 rings (SSSR count). The number of aliphatic imine (C=N–C) groups is 1. The zero-order valence-electron chi connectivity index (χ0n) is 20.5. The second-order valence-corrected chi connectivity index (χ2v) is 12.9. The zero-order valence-corrected chi connectivity index (χ0v) is 22.9. The Hall–Kier alpha value is -2.40. The number of hydrogen-bond acceptors (Lipinski definition) is 7. The lowest BCUT2D eigenvalue weighted by Gasteiger charge is -2.50. The van der Waals surface area contributed by atoms with Gasteiger partial charge in [0, 0.05) is 34.3 Å². The Kier molecular flexibility index (Phi) is 7.86. The molecule has 0 bridgehead atoms. The first kappa shape index (κ1) is 27.2. The van der Waals surface area contributed by atoms with E-state index in [1.807, 2.05) is 12.2 Å². The Morgan fingerprint density at radius 2 is 1.92 bits per heavy atom. The molecule has 11 heteroatoms. The van der Waals surface area contributed by atoms with Gasteiger partial charge >= 0.3 is 0 Å². The average Bonchev–Trinajstić information content (AvgIpc) is 3.15. The molecule has 6 nitrogen and oxygen atoms in total. The van der Waals surface area contributed by atoms with Crippen LogP contribution in [-0.4, -0.2) is 53.0 Å². The molecular weight excluding hydrogens is 556 g/mol. The van der Waals surface area contributed by atoms with Crippen molar-refractivity contribution >= 4 is 39.1 Å². The molecule has 0 N–H and O–H groups in total. The number of hydrogen-bond donors (Lipinski definition) is 0. The average molecular weight is 582 g/mol. The van der Waals surface area contributed by atoms with Gasteiger partial charge in [0.1, 0.15) is 10.6 Å². The van der Waals surface area contributed by atoms with Crippen molar-refractivity contribution in [3.63, 3.8) is 0 Å². The summed E-state index contributed by atoms with van der Waals surface area (Å²) in [6, 6.07) is 7.66. The number of benzene rings is 2. The highest BCUT2D eigenvalue weighted by Gasteiger charge is 2.61. The van der Waals surface area contributed by atoms with E-state index in [4.69, 9.17) is 25.8 Å². The second kappa shape index (κ2) is 11.0. The molecule has 0 aromatic heterocycles. The van der Waals surface area contributed by atoms with Crippen molar-refractivity contribution < 1.29 is 31.4 Å². The summed E-state index contributed by atoms with van der Waals surface area (Å²) in [5, 5.41) is 0.370. The second-order valence-electron chi connectivity index (χ2n) is 9.12. The minimum atomic E-state index is -4.23. The van der Waals surface area contributed by atoms with E-state index >= 15 is 4.39 Å². The molecule has 38 heavy (non-hydrogen) atoms. The molecule has 2 aromatic carbocycles. The van der Waals surface area contributed by atoms with Gasteiger partial charge < -0.3 is 14.2 Å². The minimum absolute atomic E-state index is 0.0128. The number of methoxy groups -OCH3 is 1.